The number of carbonyl (C=O) groups excluding carboxylic acids is 1. The van der Waals surface area contributed by atoms with Gasteiger partial charge in [0.15, 0.2) is 0 Å². The van der Waals surface area contributed by atoms with Gasteiger partial charge in [-0.3, -0.25) is 0 Å². The minimum Gasteiger partial charge on any atom is -0.462 e. The zero-order chi connectivity index (χ0) is 18.4. The van der Waals surface area contributed by atoms with E-state index in [1.165, 1.54) is 16.6 Å². The van der Waals surface area contributed by atoms with Crippen molar-refractivity contribution in [1.29, 1.82) is 0 Å². The van der Waals surface area contributed by atoms with Crippen molar-refractivity contribution >= 4 is 16.9 Å². The first-order chi connectivity index (χ1) is 12.7. The number of esters is 1. The highest BCUT2D eigenvalue weighted by Crippen LogP contribution is 2.22. The maximum atomic E-state index is 12.0. The Hall–Kier alpha value is -2.59. The number of benzene rings is 2. The van der Waals surface area contributed by atoms with E-state index in [9.17, 15) is 4.79 Å². The number of unbranched alkanes of at least 4 members (excludes halogenated alkanes) is 1. The molecule has 26 heavy (non-hydrogen) atoms. The van der Waals surface area contributed by atoms with Gasteiger partial charge in [-0.25, -0.2) is 4.79 Å². The zero-order valence-electron chi connectivity index (χ0n) is 15.3. The maximum absolute atomic E-state index is 12.0. The minimum atomic E-state index is -0.250. The molecule has 1 heterocycles. The van der Waals surface area contributed by atoms with E-state index in [1.54, 1.807) is 0 Å². The average molecular weight is 350 g/mol. The normalized spacial score (nSPS) is 11.0. The highest BCUT2D eigenvalue weighted by Gasteiger charge is 2.10. The smallest absolute Gasteiger partial charge is 0.338 e. The lowest BCUT2D eigenvalue weighted by Crippen LogP contribution is -2.10. The summed E-state index contributed by atoms with van der Waals surface area (Å²) >= 11 is 0. The molecule has 3 rings (SSSR count). The highest BCUT2D eigenvalue weighted by molar-refractivity contribution is 5.89. The number of carbonyl (C=O) groups is 1. The lowest BCUT2D eigenvalue weighted by molar-refractivity contribution is 0.0499. The highest BCUT2D eigenvalue weighted by atomic mass is 16.5. The van der Waals surface area contributed by atoms with Crippen molar-refractivity contribution < 1.29 is 9.53 Å². The van der Waals surface area contributed by atoms with E-state index in [1.807, 2.05) is 24.3 Å². The number of nitrogens with two attached hydrogens (primary N) is 1. The van der Waals surface area contributed by atoms with E-state index in [0.717, 1.165) is 31.4 Å². The van der Waals surface area contributed by atoms with Crippen LogP contribution in [0.4, 0.5) is 0 Å². The van der Waals surface area contributed by atoms with Crippen LogP contribution in [0.1, 0.15) is 41.4 Å². The molecule has 0 bridgehead atoms. The van der Waals surface area contributed by atoms with E-state index in [2.05, 4.69) is 41.8 Å². The molecule has 0 atom stereocenters. The van der Waals surface area contributed by atoms with E-state index in [-0.39, 0.29) is 5.97 Å². The summed E-state index contributed by atoms with van der Waals surface area (Å²) in [5.41, 5.74) is 9.97. The second kappa shape index (κ2) is 8.68. The summed E-state index contributed by atoms with van der Waals surface area (Å²) in [6.07, 6.45) is 2.76. The van der Waals surface area contributed by atoms with Crippen LogP contribution in [-0.2, 0) is 17.7 Å². The van der Waals surface area contributed by atoms with Gasteiger partial charge in [-0.15, -0.1) is 0 Å². The van der Waals surface area contributed by atoms with Crippen molar-refractivity contribution in [2.24, 2.45) is 5.73 Å². The molecule has 0 radical (unpaired) electrons. The quantitative estimate of drug-likeness (QED) is 0.490. The molecule has 0 unspecified atom stereocenters. The Kier molecular flexibility index (Phi) is 6.08. The molecular weight excluding hydrogens is 324 g/mol. The number of para-hydroxylation sites is 1. The molecule has 136 valence electrons. The molecule has 2 N–H and O–H groups in total. The molecule has 0 aliphatic heterocycles. The molecule has 4 nitrogen and oxygen atoms in total. The molecule has 4 heteroatoms. The van der Waals surface area contributed by atoms with Gasteiger partial charge in [0.1, 0.15) is 0 Å². The molecule has 0 saturated carbocycles. The number of nitrogens with zero attached hydrogens (tertiary/aromatic N) is 1. The van der Waals surface area contributed by atoms with Crippen molar-refractivity contribution in [3.05, 3.63) is 71.4 Å². The van der Waals surface area contributed by atoms with E-state index in [0.29, 0.717) is 18.7 Å². The number of hydrogen-bond donors (Lipinski definition) is 1. The summed E-state index contributed by atoms with van der Waals surface area (Å²) in [6.45, 7) is 3.94. The minimum absolute atomic E-state index is 0.250. The number of fused-ring (bicyclic) bond motifs is 1. The number of rotatable bonds is 8. The number of hydrogen-bond acceptors (Lipinski definition) is 3. The Balaban J connectivity index is 1.78. The standard InChI is InChI=1S/C22H26N2O2/c1-2-3-14-26-22(25)18-10-8-17(9-11-18)16-24-20(12-13-23)15-19-6-4-5-7-21(19)24/h4-11,15H,2-3,12-14,16,23H2,1H3. The Morgan fingerprint density at radius 1 is 1.12 bits per heavy atom. The molecule has 0 saturated heterocycles. The Labute approximate surface area is 154 Å². The second-order valence-corrected chi connectivity index (χ2v) is 6.51. The van der Waals surface area contributed by atoms with E-state index in [4.69, 9.17) is 10.5 Å². The van der Waals surface area contributed by atoms with Crippen LogP contribution in [0.2, 0.25) is 0 Å². The predicted octanol–water partition coefficient (Wildman–Crippen LogP) is 4.15. The molecule has 0 aliphatic rings. The molecule has 0 aliphatic carbocycles. The maximum Gasteiger partial charge on any atom is 0.338 e. The lowest BCUT2D eigenvalue weighted by atomic mass is 10.1. The molecule has 3 aromatic rings. The number of aromatic nitrogens is 1. The third-order valence-corrected chi connectivity index (χ3v) is 4.56. The van der Waals surface area contributed by atoms with Crippen molar-refractivity contribution in [2.45, 2.75) is 32.7 Å². The van der Waals surface area contributed by atoms with Gasteiger partial charge >= 0.3 is 5.97 Å². The van der Waals surface area contributed by atoms with Crippen LogP contribution < -0.4 is 5.73 Å². The van der Waals surface area contributed by atoms with Gasteiger partial charge in [-0.2, -0.15) is 0 Å². The van der Waals surface area contributed by atoms with Crippen LogP contribution in [0, 0.1) is 0 Å². The fourth-order valence-electron chi connectivity index (χ4n) is 3.13. The monoisotopic (exact) mass is 350 g/mol. The zero-order valence-corrected chi connectivity index (χ0v) is 15.3. The SMILES string of the molecule is CCCCOC(=O)c1ccc(Cn2c(CCN)cc3ccccc32)cc1. The Morgan fingerprint density at radius 2 is 1.88 bits per heavy atom. The average Bonchev–Trinajstić information content (AvgIpc) is 3.00. The Morgan fingerprint density at radius 3 is 2.62 bits per heavy atom. The van der Waals surface area contributed by atoms with Crippen LogP contribution in [0.25, 0.3) is 10.9 Å². The largest absolute Gasteiger partial charge is 0.462 e. The van der Waals surface area contributed by atoms with Gasteiger partial charge in [-0.1, -0.05) is 43.7 Å². The van der Waals surface area contributed by atoms with Crippen LogP contribution in [0.15, 0.2) is 54.6 Å². The molecule has 0 fully saturated rings. The third kappa shape index (κ3) is 4.14. The van der Waals surface area contributed by atoms with Gasteiger partial charge in [0.25, 0.3) is 0 Å². The van der Waals surface area contributed by atoms with Crippen LogP contribution in [0.5, 0.6) is 0 Å². The first kappa shape index (κ1) is 18.2. The molecular formula is C22H26N2O2. The van der Waals surface area contributed by atoms with Crippen LogP contribution in [-0.4, -0.2) is 23.7 Å². The summed E-state index contributed by atoms with van der Waals surface area (Å²) in [4.78, 5) is 12.0. The summed E-state index contributed by atoms with van der Waals surface area (Å²) in [5, 5.41) is 1.23. The van der Waals surface area contributed by atoms with Gasteiger partial charge in [0.05, 0.1) is 12.2 Å². The first-order valence-electron chi connectivity index (χ1n) is 9.26. The fraction of sp³-hybridized carbons (Fsp3) is 0.318. The summed E-state index contributed by atoms with van der Waals surface area (Å²) < 4.78 is 7.57. The third-order valence-electron chi connectivity index (χ3n) is 4.56. The molecule has 2 aromatic carbocycles. The number of ether oxygens (including phenoxy) is 1. The van der Waals surface area contributed by atoms with Gasteiger partial charge in [-0.05, 0) is 54.6 Å². The van der Waals surface area contributed by atoms with Crippen LogP contribution in [0.3, 0.4) is 0 Å². The molecule has 1 aromatic heterocycles. The summed E-state index contributed by atoms with van der Waals surface area (Å²) in [6, 6.07) is 18.3. The fourth-order valence-corrected chi connectivity index (χ4v) is 3.13. The second-order valence-electron chi connectivity index (χ2n) is 6.51. The topological polar surface area (TPSA) is 57.2 Å². The van der Waals surface area contributed by atoms with Crippen molar-refractivity contribution in [3.8, 4) is 0 Å². The predicted molar refractivity (Wildman–Crippen MR) is 105 cm³/mol. The van der Waals surface area contributed by atoms with Gasteiger partial charge < -0.3 is 15.0 Å². The van der Waals surface area contributed by atoms with Crippen molar-refractivity contribution in [1.82, 2.24) is 4.57 Å². The molecule has 0 spiro atoms. The van der Waals surface area contributed by atoms with Crippen LogP contribution >= 0.6 is 0 Å². The van der Waals surface area contributed by atoms with E-state index >= 15 is 0 Å². The molecule has 0 amide bonds. The van der Waals surface area contributed by atoms with E-state index < -0.39 is 0 Å². The van der Waals surface area contributed by atoms with Crippen molar-refractivity contribution in [3.63, 3.8) is 0 Å². The Bertz CT molecular complexity index is 865. The van der Waals surface area contributed by atoms with Gasteiger partial charge in [0.2, 0.25) is 0 Å². The van der Waals surface area contributed by atoms with Crippen molar-refractivity contribution in [2.75, 3.05) is 13.2 Å². The summed E-state index contributed by atoms with van der Waals surface area (Å²) in [7, 11) is 0. The lowest BCUT2D eigenvalue weighted by Gasteiger charge is -2.11. The first-order valence-corrected chi connectivity index (χ1v) is 9.26. The summed E-state index contributed by atoms with van der Waals surface area (Å²) in [5.74, 6) is -0.250. The van der Waals surface area contributed by atoms with Gasteiger partial charge in [0, 0.05) is 17.8 Å².